The van der Waals surface area contributed by atoms with E-state index in [0.717, 1.165) is 11.3 Å². The minimum atomic E-state index is -0.190. The Morgan fingerprint density at radius 3 is 2.97 bits per heavy atom. The summed E-state index contributed by atoms with van der Waals surface area (Å²) < 4.78 is 7.79. The highest BCUT2D eigenvalue weighted by Gasteiger charge is 2.24. The van der Waals surface area contributed by atoms with Gasteiger partial charge in [-0.3, -0.25) is 9.69 Å². The van der Waals surface area contributed by atoms with Crippen molar-refractivity contribution in [2.75, 3.05) is 23.3 Å². The third kappa shape index (κ3) is 4.40. The number of urea groups is 1. The van der Waals surface area contributed by atoms with Crippen molar-refractivity contribution in [2.24, 2.45) is 0 Å². The van der Waals surface area contributed by atoms with Gasteiger partial charge in [0.2, 0.25) is 5.91 Å². The van der Waals surface area contributed by atoms with Crippen LogP contribution in [0, 0.1) is 0 Å². The third-order valence-electron chi connectivity index (χ3n) is 4.89. The number of nitrogens with zero attached hydrogens (tertiary/aromatic N) is 4. The second-order valence-electron chi connectivity index (χ2n) is 7.24. The van der Waals surface area contributed by atoms with Gasteiger partial charge in [-0.15, -0.1) is 11.3 Å². The average molecular weight is 449 g/mol. The molecule has 1 saturated heterocycles. The van der Waals surface area contributed by atoms with Crippen molar-refractivity contribution in [1.82, 2.24) is 19.7 Å². The summed E-state index contributed by atoms with van der Waals surface area (Å²) >= 11 is 1.35. The number of thiazole rings is 1. The minimum Gasteiger partial charge on any atom is -0.487 e. The van der Waals surface area contributed by atoms with Crippen LogP contribution < -0.4 is 20.3 Å². The first-order valence-electron chi connectivity index (χ1n) is 10.1. The molecular weight excluding hydrogens is 428 g/mol. The maximum Gasteiger partial charge on any atom is 0.323 e. The number of anilines is 2. The maximum atomic E-state index is 12.5. The number of hydrogen-bond acceptors (Lipinski definition) is 6. The lowest BCUT2D eigenvalue weighted by molar-refractivity contribution is -0.115. The molecule has 0 spiro atoms. The standard InChI is InChI=1S/C22H20N6O3S/c29-20(11-16-14-32-22(26-16)28-9-7-23-21(28)30)25-15-4-3-5-18(10-15)31-13-17-12-27-8-2-1-6-19(27)24-17/h1-6,8,10,12,14H,7,9,11,13H2,(H,23,30)(H,25,29). The Bertz CT molecular complexity index is 1250. The van der Waals surface area contributed by atoms with Gasteiger partial charge >= 0.3 is 6.03 Å². The fraction of sp³-hybridized carbons (Fsp3) is 0.182. The van der Waals surface area contributed by atoms with E-state index >= 15 is 0 Å². The molecule has 1 aromatic carbocycles. The molecule has 9 nitrogen and oxygen atoms in total. The van der Waals surface area contributed by atoms with E-state index in [1.165, 1.54) is 11.3 Å². The molecule has 1 aliphatic heterocycles. The lowest BCUT2D eigenvalue weighted by atomic mass is 10.2. The molecule has 32 heavy (non-hydrogen) atoms. The molecule has 4 heterocycles. The van der Waals surface area contributed by atoms with Crippen LogP contribution in [0.15, 0.2) is 60.2 Å². The highest BCUT2D eigenvalue weighted by Crippen LogP contribution is 2.23. The number of aromatic nitrogens is 3. The van der Waals surface area contributed by atoms with E-state index in [0.29, 0.717) is 42.0 Å². The number of imidazole rings is 1. The molecule has 3 aromatic heterocycles. The highest BCUT2D eigenvalue weighted by molar-refractivity contribution is 7.14. The summed E-state index contributed by atoms with van der Waals surface area (Å²) in [7, 11) is 0. The number of benzene rings is 1. The van der Waals surface area contributed by atoms with E-state index in [-0.39, 0.29) is 18.4 Å². The summed E-state index contributed by atoms with van der Waals surface area (Å²) in [5.74, 6) is 0.445. The van der Waals surface area contributed by atoms with Crippen molar-refractivity contribution in [2.45, 2.75) is 13.0 Å². The van der Waals surface area contributed by atoms with Gasteiger partial charge in [0.05, 0.1) is 17.8 Å². The van der Waals surface area contributed by atoms with Crippen LogP contribution in [0.3, 0.4) is 0 Å². The number of pyridine rings is 1. The van der Waals surface area contributed by atoms with E-state index in [4.69, 9.17) is 4.74 Å². The second kappa shape index (κ2) is 8.67. The molecule has 0 unspecified atom stereocenters. The maximum absolute atomic E-state index is 12.5. The Labute approximate surface area is 187 Å². The first kappa shape index (κ1) is 20.0. The summed E-state index contributed by atoms with van der Waals surface area (Å²) in [6.07, 6.45) is 3.99. The Balaban J connectivity index is 1.18. The molecule has 10 heteroatoms. The van der Waals surface area contributed by atoms with E-state index in [2.05, 4.69) is 20.6 Å². The molecule has 2 N–H and O–H groups in total. The van der Waals surface area contributed by atoms with Crippen LogP contribution in [0.2, 0.25) is 0 Å². The van der Waals surface area contributed by atoms with Gasteiger partial charge in [-0.2, -0.15) is 0 Å². The van der Waals surface area contributed by atoms with Crippen LogP contribution in [0.4, 0.5) is 15.6 Å². The van der Waals surface area contributed by atoms with Crippen molar-refractivity contribution in [3.63, 3.8) is 0 Å². The van der Waals surface area contributed by atoms with Crippen LogP contribution in [0.25, 0.3) is 5.65 Å². The van der Waals surface area contributed by atoms with Crippen LogP contribution in [0.5, 0.6) is 5.75 Å². The first-order chi connectivity index (χ1) is 15.6. The average Bonchev–Trinajstić information content (AvgIpc) is 3.51. The Kier molecular flexibility index (Phi) is 5.42. The summed E-state index contributed by atoms with van der Waals surface area (Å²) in [5.41, 5.74) is 2.94. The monoisotopic (exact) mass is 448 g/mol. The fourth-order valence-corrected chi connectivity index (χ4v) is 4.25. The van der Waals surface area contributed by atoms with Gasteiger partial charge in [-0.1, -0.05) is 12.1 Å². The lowest BCUT2D eigenvalue weighted by Gasteiger charge is -2.09. The second-order valence-corrected chi connectivity index (χ2v) is 8.08. The predicted molar refractivity (Wildman–Crippen MR) is 121 cm³/mol. The van der Waals surface area contributed by atoms with Crippen LogP contribution in [-0.2, 0) is 17.8 Å². The van der Waals surface area contributed by atoms with Crippen molar-refractivity contribution >= 4 is 39.7 Å². The van der Waals surface area contributed by atoms with Crippen LogP contribution in [-0.4, -0.2) is 39.4 Å². The molecule has 1 aliphatic rings. The normalized spacial score (nSPS) is 13.4. The molecule has 0 aliphatic carbocycles. The summed E-state index contributed by atoms with van der Waals surface area (Å²) in [4.78, 5) is 34.7. The Hall–Kier alpha value is -3.92. The lowest BCUT2D eigenvalue weighted by Crippen LogP contribution is -2.27. The van der Waals surface area contributed by atoms with Crippen molar-refractivity contribution in [3.8, 4) is 5.75 Å². The number of nitrogens with one attached hydrogen (secondary N) is 2. The predicted octanol–water partition coefficient (Wildman–Crippen LogP) is 3.08. The van der Waals surface area contributed by atoms with Gasteiger partial charge in [0, 0.05) is 42.6 Å². The van der Waals surface area contributed by atoms with E-state index < -0.39 is 0 Å². The molecule has 3 amide bonds. The number of carbonyl (C=O) groups excluding carboxylic acids is 2. The molecule has 0 saturated carbocycles. The minimum absolute atomic E-state index is 0.123. The van der Waals surface area contributed by atoms with E-state index in [1.54, 1.807) is 22.4 Å². The molecule has 5 rings (SSSR count). The van der Waals surface area contributed by atoms with Crippen molar-refractivity contribution < 1.29 is 14.3 Å². The molecule has 0 radical (unpaired) electrons. The van der Waals surface area contributed by atoms with Gasteiger partial charge in [-0.05, 0) is 24.3 Å². The zero-order chi connectivity index (χ0) is 21.9. The molecular formula is C22H20N6O3S. The molecule has 0 atom stereocenters. The Morgan fingerprint density at radius 2 is 2.12 bits per heavy atom. The topological polar surface area (TPSA) is 101 Å². The number of rotatable bonds is 7. The number of carbonyl (C=O) groups is 2. The van der Waals surface area contributed by atoms with Gasteiger partial charge in [0.25, 0.3) is 0 Å². The number of ether oxygens (including phenoxy) is 1. The van der Waals surface area contributed by atoms with Gasteiger partial charge < -0.3 is 19.8 Å². The van der Waals surface area contributed by atoms with Crippen LogP contribution in [0.1, 0.15) is 11.4 Å². The largest absolute Gasteiger partial charge is 0.487 e. The number of hydrogen-bond donors (Lipinski definition) is 2. The first-order valence-corrected chi connectivity index (χ1v) is 11.0. The van der Waals surface area contributed by atoms with Crippen molar-refractivity contribution in [3.05, 3.63) is 71.6 Å². The SMILES string of the molecule is O=C(Cc1csc(N2CCNC2=O)n1)Nc1cccc(OCc2cn3ccccc3n2)c1. The molecule has 1 fully saturated rings. The highest BCUT2D eigenvalue weighted by atomic mass is 32.1. The molecule has 4 aromatic rings. The Morgan fingerprint density at radius 1 is 1.19 bits per heavy atom. The van der Waals surface area contributed by atoms with Crippen molar-refractivity contribution in [1.29, 1.82) is 0 Å². The molecule has 0 bridgehead atoms. The van der Waals surface area contributed by atoms with Gasteiger partial charge in [0.1, 0.15) is 18.0 Å². The third-order valence-corrected chi connectivity index (χ3v) is 5.80. The number of fused-ring (bicyclic) bond motifs is 1. The van der Waals surface area contributed by atoms with E-state index in [9.17, 15) is 9.59 Å². The smallest absolute Gasteiger partial charge is 0.323 e. The molecule has 162 valence electrons. The summed E-state index contributed by atoms with van der Waals surface area (Å²) in [5, 5.41) is 8.01. The van der Waals surface area contributed by atoms with Gasteiger partial charge in [0.15, 0.2) is 5.13 Å². The summed E-state index contributed by atoms with van der Waals surface area (Å²) in [6, 6.07) is 12.9. The van der Waals surface area contributed by atoms with Gasteiger partial charge in [-0.25, -0.2) is 14.8 Å². The number of amides is 3. The zero-order valence-corrected chi connectivity index (χ0v) is 17.8. The zero-order valence-electron chi connectivity index (χ0n) is 17.0. The quantitative estimate of drug-likeness (QED) is 0.453. The fourth-order valence-electron chi connectivity index (χ4n) is 3.40. The summed E-state index contributed by atoms with van der Waals surface area (Å²) in [6.45, 7) is 1.51. The van der Waals surface area contributed by atoms with E-state index in [1.807, 2.05) is 47.1 Å². The van der Waals surface area contributed by atoms with Crippen LogP contribution >= 0.6 is 11.3 Å².